The summed E-state index contributed by atoms with van der Waals surface area (Å²) in [5.74, 6) is 0.118. The molecule has 1 aliphatic carbocycles. The Hall–Kier alpha value is -1.44. The van der Waals surface area contributed by atoms with Crippen molar-refractivity contribution in [1.29, 1.82) is 0 Å². The Balaban J connectivity index is 1.82. The Labute approximate surface area is 137 Å². The van der Waals surface area contributed by atoms with Crippen molar-refractivity contribution in [1.82, 2.24) is 4.98 Å². The summed E-state index contributed by atoms with van der Waals surface area (Å²) < 4.78 is 23.3. The number of nitrogens with one attached hydrogen (secondary N) is 1. The van der Waals surface area contributed by atoms with E-state index in [2.05, 4.69) is 10.3 Å². The van der Waals surface area contributed by atoms with Gasteiger partial charge in [-0.2, -0.15) is 0 Å². The van der Waals surface area contributed by atoms with E-state index in [1.165, 1.54) is 29.5 Å². The van der Waals surface area contributed by atoms with Gasteiger partial charge in [0, 0.05) is 23.1 Å². The van der Waals surface area contributed by atoms with Gasteiger partial charge in [0.15, 0.2) is 15.0 Å². The summed E-state index contributed by atoms with van der Waals surface area (Å²) in [5.41, 5.74) is 1.24. The van der Waals surface area contributed by atoms with Crippen LogP contribution in [-0.2, 0) is 9.84 Å². The quantitative estimate of drug-likeness (QED) is 0.911. The third-order valence-corrected chi connectivity index (χ3v) is 5.69. The molecule has 2 aromatic rings. The Morgan fingerprint density at radius 3 is 2.77 bits per heavy atom. The van der Waals surface area contributed by atoms with Crippen LogP contribution in [0.25, 0.3) is 0 Å². The number of benzene rings is 1. The van der Waals surface area contributed by atoms with Crippen LogP contribution in [0.3, 0.4) is 0 Å². The summed E-state index contributed by atoms with van der Waals surface area (Å²) >= 11 is 7.24. The highest BCUT2D eigenvalue weighted by atomic mass is 35.5. The molecule has 1 aliphatic rings. The second-order valence-corrected chi connectivity index (χ2v) is 8.47. The van der Waals surface area contributed by atoms with Gasteiger partial charge < -0.3 is 0 Å². The highest BCUT2D eigenvalue weighted by Crippen LogP contribution is 2.40. The summed E-state index contributed by atoms with van der Waals surface area (Å²) in [7, 11) is -3.49. The molecule has 22 heavy (non-hydrogen) atoms. The lowest BCUT2D eigenvalue weighted by Gasteiger charge is -2.06. The number of aromatic nitrogens is 1. The molecular formula is C14H13ClN2O3S2. The number of carbonyl (C=O) groups is 1. The smallest absolute Gasteiger partial charge is 0.257 e. The Kier molecular flexibility index (Phi) is 3.96. The predicted molar refractivity (Wildman–Crippen MR) is 86.6 cm³/mol. The largest absolute Gasteiger partial charge is 0.298 e. The highest BCUT2D eigenvalue weighted by molar-refractivity contribution is 7.90. The zero-order valence-corrected chi connectivity index (χ0v) is 14.1. The Morgan fingerprint density at radius 2 is 2.14 bits per heavy atom. The fourth-order valence-electron chi connectivity index (χ4n) is 2.01. The summed E-state index contributed by atoms with van der Waals surface area (Å²) in [6.45, 7) is 0. The van der Waals surface area contributed by atoms with Gasteiger partial charge in [-0.05, 0) is 31.0 Å². The number of thiazole rings is 1. The number of hydrogen-bond acceptors (Lipinski definition) is 5. The van der Waals surface area contributed by atoms with E-state index >= 15 is 0 Å². The number of carbonyl (C=O) groups excluding carboxylic acids is 1. The fourth-order valence-corrected chi connectivity index (χ4v) is 4.10. The van der Waals surface area contributed by atoms with Crippen molar-refractivity contribution >= 4 is 43.8 Å². The standard InChI is InChI=1S/C14H13ClN2O3S2/c1-22(19,20)12-6-9(4-5-10(12)15)13(18)17-14-16-11(7-21-14)8-2-3-8/h4-8H,2-3H2,1H3,(H,16,17,18). The molecule has 1 amide bonds. The van der Waals surface area contributed by atoms with Gasteiger partial charge in [0.25, 0.3) is 5.91 Å². The maximum absolute atomic E-state index is 12.2. The molecule has 0 aliphatic heterocycles. The number of anilines is 1. The monoisotopic (exact) mass is 356 g/mol. The molecule has 0 bridgehead atoms. The van der Waals surface area contributed by atoms with Crippen LogP contribution in [0.15, 0.2) is 28.5 Å². The maximum atomic E-state index is 12.2. The molecule has 0 unspecified atom stereocenters. The van der Waals surface area contributed by atoms with Crippen molar-refractivity contribution in [3.8, 4) is 0 Å². The fraction of sp³-hybridized carbons (Fsp3) is 0.286. The molecular weight excluding hydrogens is 344 g/mol. The van der Waals surface area contributed by atoms with E-state index in [1.807, 2.05) is 5.38 Å². The molecule has 1 aromatic heterocycles. The average molecular weight is 357 g/mol. The second kappa shape index (κ2) is 5.64. The molecule has 0 radical (unpaired) electrons. The first-order valence-electron chi connectivity index (χ1n) is 6.61. The van der Waals surface area contributed by atoms with Gasteiger partial charge in [-0.15, -0.1) is 11.3 Å². The zero-order valence-electron chi connectivity index (χ0n) is 11.7. The normalized spacial score (nSPS) is 14.8. The first kappa shape index (κ1) is 15.5. The van der Waals surface area contributed by atoms with Crippen molar-refractivity contribution < 1.29 is 13.2 Å². The molecule has 1 saturated carbocycles. The van der Waals surface area contributed by atoms with Crippen molar-refractivity contribution in [2.75, 3.05) is 11.6 Å². The van der Waals surface area contributed by atoms with E-state index in [0.717, 1.165) is 24.8 Å². The number of amides is 1. The van der Waals surface area contributed by atoms with Gasteiger partial charge in [0.1, 0.15) is 0 Å². The molecule has 1 N–H and O–H groups in total. The topological polar surface area (TPSA) is 76.1 Å². The third kappa shape index (κ3) is 3.31. The van der Waals surface area contributed by atoms with E-state index in [-0.39, 0.29) is 15.5 Å². The number of nitrogens with zero attached hydrogens (tertiary/aromatic N) is 1. The van der Waals surface area contributed by atoms with Crippen molar-refractivity contribution in [2.45, 2.75) is 23.7 Å². The molecule has 5 nitrogen and oxygen atoms in total. The van der Waals surface area contributed by atoms with Crippen LogP contribution in [0.5, 0.6) is 0 Å². The SMILES string of the molecule is CS(=O)(=O)c1cc(C(=O)Nc2nc(C3CC3)cs2)ccc1Cl. The van der Waals surface area contributed by atoms with Crippen LogP contribution < -0.4 is 5.32 Å². The number of halogens is 1. The lowest BCUT2D eigenvalue weighted by Crippen LogP contribution is -2.12. The second-order valence-electron chi connectivity index (χ2n) is 5.22. The van der Waals surface area contributed by atoms with E-state index in [4.69, 9.17) is 11.6 Å². The van der Waals surface area contributed by atoms with Gasteiger partial charge in [-0.3, -0.25) is 10.1 Å². The summed E-state index contributed by atoms with van der Waals surface area (Å²) in [6, 6.07) is 4.18. The predicted octanol–water partition coefficient (Wildman–Crippen LogP) is 3.33. The number of rotatable bonds is 4. The summed E-state index contributed by atoms with van der Waals surface area (Å²) in [4.78, 5) is 16.5. The average Bonchev–Trinajstić information content (AvgIpc) is 3.19. The van der Waals surface area contributed by atoms with Crippen LogP contribution in [0.1, 0.15) is 34.8 Å². The van der Waals surface area contributed by atoms with Crippen LogP contribution >= 0.6 is 22.9 Å². The Bertz CT molecular complexity index is 842. The molecule has 1 fully saturated rings. The lowest BCUT2D eigenvalue weighted by atomic mass is 10.2. The Morgan fingerprint density at radius 1 is 1.41 bits per heavy atom. The van der Waals surface area contributed by atoms with Gasteiger partial charge in [0.05, 0.1) is 15.6 Å². The van der Waals surface area contributed by atoms with Gasteiger partial charge in [0.2, 0.25) is 0 Å². The molecule has 1 aromatic carbocycles. The first-order valence-corrected chi connectivity index (χ1v) is 9.76. The van der Waals surface area contributed by atoms with Gasteiger partial charge in [-0.25, -0.2) is 13.4 Å². The minimum absolute atomic E-state index is 0.0559. The van der Waals surface area contributed by atoms with E-state index < -0.39 is 15.7 Å². The molecule has 8 heteroatoms. The van der Waals surface area contributed by atoms with Gasteiger partial charge in [-0.1, -0.05) is 11.6 Å². The summed E-state index contributed by atoms with van der Waals surface area (Å²) in [5, 5.41) is 5.25. The minimum atomic E-state index is -3.49. The minimum Gasteiger partial charge on any atom is -0.298 e. The van der Waals surface area contributed by atoms with Gasteiger partial charge >= 0.3 is 0 Å². The van der Waals surface area contributed by atoms with E-state index in [9.17, 15) is 13.2 Å². The highest BCUT2D eigenvalue weighted by Gasteiger charge is 2.26. The van der Waals surface area contributed by atoms with E-state index in [1.54, 1.807) is 0 Å². The van der Waals surface area contributed by atoms with Crippen molar-refractivity contribution in [2.24, 2.45) is 0 Å². The molecule has 0 atom stereocenters. The van der Waals surface area contributed by atoms with Crippen LogP contribution in [0, 0.1) is 0 Å². The zero-order chi connectivity index (χ0) is 15.9. The van der Waals surface area contributed by atoms with Crippen LogP contribution in [-0.4, -0.2) is 25.6 Å². The lowest BCUT2D eigenvalue weighted by molar-refractivity contribution is 0.102. The maximum Gasteiger partial charge on any atom is 0.257 e. The van der Waals surface area contributed by atoms with Crippen molar-refractivity contribution in [3.63, 3.8) is 0 Å². The van der Waals surface area contributed by atoms with E-state index in [0.29, 0.717) is 11.0 Å². The molecule has 0 saturated heterocycles. The first-order chi connectivity index (χ1) is 10.3. The van der Waals surface area contributed by atoms with Crippen molar-refractivity contribution in [3.05, 3.63) is 39.9 Å². The third-order valence-electron chi connectivity index (χ3n) is 3.33. The summed E-state index contributed by atoms with van der Waals surface area (Å²) in [6.07, 6.45) is 3.34. The number of hydrogen-bond donors (Lipinski definition) is 1. The molecule has 3 rings (SSSR count). The molecule has 1 heterocycles. The number of sulfone groups is 1. The van der Waals surface area contributed by atoms with Crippen LogP contribution in [0.2, 0.25) is 5.02 Å². The molecule has 116 valence electrons. The molecule has 0 spiro atoms. The van der Waals surface area contributed by atoms with Crippen LogP contribution in [0.4, 0.5) is 5.13 Å².